The predicted molar refractivity (Wildman–Crippen MR) is 133 cm³/mol. The van der Waals surface area contributed by atoms with Crippen molar-refractivity contribution in [2.24, 2.45) is 5.92 Å². The summed E-state index contributed by atoms with van der Waals surface area (Å²) in [5.74, 6) is -0.479. The zero-order chi connectivity index (χ0) is 25.3. The Labute approximate surface area is 206 Å². The van der Waals surface area contributed by atoms with Gasteiger partial charge in [-0.05, 0) is 62.9 Å². The third kappa shape index (κ3) is 5.69. The molecule has 0 aromatic heterocycles. The number of halogens is 1. The summed E-state index contributed by atoms with van der Waals surface area (Å²) < 4.78 is 19.2. The quantitative estimate of drug-likeness (QED) is 0.685. The molecule has 35 heavy (non-hydrogen) atoms. The van der Waals surface area contributed by atoms with E-state index in [1.165, 1.54) is 12.1 Å². The second kappa shape index (κ2) is 9.76. The third-order valence-corrected chi connectivity index (χ3v) is 6.50. The maximum Gasteiger partial charge on any atom is 0.410 e. The molecule has 2 aliphatic rings. The first-order chi connectivity index (χ1) is 16.5. The summed E-state index contributed by atoms with van der Waals surface area (Å²) in [6.07, 6.45) is 1.07. The summed E-state index contributed by atoms with van der Waals surface area (Å²) in [5, 5.41) is 11.0. The highest BCUT2D eigenvalue weighted by atomic mass is 19.1. The largest absolute Gasteiger partial charge is 0.506 e. The lowest BCUT2D eigenvalue weighted by atomic mass is 10.0. The van der Waals surface area contributed by atoms with Crippen LogP contribution in [0.25, 0.3) is 0 Å². The number of phenols is 1. The van der Waals surface area contributed by atoms with Gasteiger partial charge in [0.1, 0.15) is 17.2 Å². The first kappa shape index (κ1) is 24.8. The molecular weight excluding hydrogens is 449 g/mol. The van der Waals surface area contributed by atoms with Gasteiger partial charge in [0.05, 0.1) is 17.9 Å². The molecule has 0 aliphatic carbocycles. The molecule has 4 rings (SSSR count). The van der Waals surface area contributed by atoms with Crippen LogP contribution in [-0.2, 0) is 22.5 Å². The van der Waals surface area contributed by atoms with Gasteiger partial charge in [-0.3, -0.25) is 4.79 Å². The second-order valence-electron chi connectivity index (χ2n) is 10.4. The molecule has 1 atom stereocenters. The Kier molecular flexibility index (Phi) is 6.92. The van der Waals surface area contributed by atoms with Crippen molar-refractivity contribution in [2.45, 2.75) is 52.7 Å². The van der Waals surface area contributed by atoms with Gasteiger partial charge in [-0.25, -0.2) is 9.18 Å². The fourth-order valence-corrected chi connectivity index (χ4v) is 4.63. The summed E-state index contributed by atoms with van der Waals surface area (Å²) >= 11 is 0. The zero-order valence-electron chi connectivity index (χ0n) is 20.9. The van der Waals surface area contributed by atoms with Crippen LogP contribution in [0.5, 0.6) is 5.75 Å². The number of nitrogens with zero attached hydrogens (tertiary/aromatic N) is 3. The fourth-order valence-electron chi connectivity index (χ4n) is 4.63. The SMILES string of the molecule is CC1CCc2cc(N3CCN(C(=O)OC(C)(C)C)CC3)c(O)cc2N(Cc2cccc(F)c2)C1=O. The number of aryl methyl sites for hydroxylation is 1. The molecule has 1 N–H and O–H groups in total. The number of carbonyl (C=O) groups excluding carboxylic acids is 2. The molecule has 188 valence electrons. The summed E-state index contributed by atoms with van der Waals surface area (Å²) in [4.78, 5) is 31.0. The highest BCUT2D eigenvalue weighted by molar-refractivity contribution is 5.97. The van der Waals surface area contributed by atoms with Crippen molar-refractivity contribution < 1.29 is 23.8 Å². The van der Waals surface area contributed by atoms with Crippen LogP contribution >= 0.6 is 0 Å². The smallest absolute Gasteiger partial charge is 0.410 e. The van der Waals surface area contributed by atoms with Gasteiger partial charge in [0.2, 0.25) is 5.91 Å². The molecule has 2 aromatic carbocycles. The van der Waals surface area contributed by atoms with E-state index in [4.69, 9.17) is 4.74 Å². The van der Waals surface area contributed by atoms with Crippen LogP contribution < -0.4 is 9.80 Å². The number of amides is 2. The fraction of sp³-hybridized carbons (Fsp3) is 0.481. The van der Waals surface area contributed by atoms with Crippen molar-refractivity contribution in [3.8, 4) is 5.75 Å². The van der Waals surface area contributed by atoms with Gasteiger partial charge < -0.3 is 24.5 Å². The van der Waals surface area contributed by atoms with Gasteiger partial charge in [0, 0.05) is 38.2 Å². The highest BCUT2D eigenvalue weighted by Gasteiger charge is 2.31. The van der Waals surface area contributed by atoms with Crippen LogP contribution in [0.4, 0.5) is 20.6 Å². The van der Waals surface area contributed by atoms with Gasteiger partial charge in [-0.2, -0.15) is 0 Å². The van der Waals surface area contributed by atoms with E-state index in [-0.39, 0.29) is 36.0 Å². The van der Waals surface area contributed by atoms with Gasteiger partial charge in [-0.1, -0.05) is 19.1 Å². The Hall–Kier alpha value is -3.29. The topological polar surface area (TPSA) is 73.3 Å². The molecule has 0 bridgehead atoms. The number of hydrogen-bond donors (Lipinski definition) is 1. The van der Waals surface area contributed by atoms with Crippen molar-refractivity contribution in [3.05, 3.63) is 53.3 Å². The molecule has 1 unspecified atom stereocenters. The molecule has 2 aliphatic heterocycles. The lowest BCUT2D eigenvalue weighted by Crippen LogP contribution is -2.50. The molecule has 1 fully saturated rings. The van der Waals surface area contributed by atoms with Crippen LogP contribution in [0.2, 0.25) is 0 Å². The Morgan fingerprint density at radius 3 is 2.49 bits per heavy atom. The van der Waals surface area contributed by atoms with E-state index in [1.807, 2.05) is 33.8 Å². The van der Waals surface area contributed by atoms with E-state index in [9.17, 15) is 19.1 Å². The number of hydrogen-bond acceptors (Lipinski definition) is 5. The maximum absolute atomic E-state index is 13.8. The van der Waals surface area contributed by atoms with Gasteiger partial charge in [0.15, 0.2) is 0 Å². The van der Waals surface area contributed by atoms with Crippen LogP contribution in [0.3, 0.4) is 0 Å². The van der Waals surface area contributed by atoms with Crippen molar-refractivity contribution in [2.75, 3.05) is 36.0 Å². The Bertz CT molecular complexity index is 1110. The number of rotatable bonds is 3. The highest BCUT2D eigenvalue weighted by Crippen LogP contribution is 2.39. The average molecular weight is 484 g/mol. The van der Waals surface area contributed by atoms with Crippen molar-refractivity contribution in [1.82, 2.24) is 4.90 Å². The number of piperazine rings is 1. The van der Waals surface area contributed by atoms with E-state index in [1.54, 1.807) is 28.0 Å². The third-order valence-electron chi connectivity index (χ3n) is 6.50. The van der Waals surface area contributed by atoms with E-state index < -0.39 is 5.60 Å². The maximum atomic E-state index is 13.8. The summed E-state index contributed by atoms with van der Waals surface area (Å²) in [6.45, 7) is 9.79. The summed E-state index contributed by atoms with van der Waals surface area (Å²) in [5.41, 5.74) is 2.48. The average Bonchev–Trinajstić information content (AvgIpc) is 2.90. The van der Waals surface area contributed by atoms with Crippen LogP contribution in [0, 0.1) is 11.7 Å². The number of anilines is 2. The molecule has 2 aromatic rings. The van der Waals surface area contributed by atoms with Gasteiger partial charge in [-0.15, -0.1) is 0 Å². The first-order valence-electron chi connectivity index (χ1n) is 12.2. The van der Waals surface area contributed by atoms with Crippen molar-refractivity contribution >= 4 is 23.4 Å². The predicted octanol–water partition coefficient (Wildman–Crippen LogP) is 4.70. The molecule has 1 saturated heterocycles. The van der Waals surface area contributed by atoms with E-state index >= 15 is 0 Å². The molecule has 7 nitrogen and oxygen atoms in total. The number of aromatic hydroxyl groups is 1. The molecule has 0 radical (unpaired) electrons. The Morgan fingerprint density at radius 2 is 1.83 bits per heavy atom. The lowest BCUT2D eigenvalue weighted by molar-refractivity contribution is -0.122. The van der Waals surface area contributed by atoms with E-state index in [0.29, 0.717) is 56.0 Å². The minimum atomic E-state index is -0.546. The van der Waals surface area contributed by atoms with E-state index in [2.05, 4.69) is 4.90 Å². The zero-order valence-corrected chi connectivity index (χ0v) is 20.9. The van der Waals surface area contributed by atoms with E-state index in [0.717, 1.165) is 5.56 Å². The molecule has 8 heteroatoms. The number of benzene rings is 2. The number of ether oxygens (including phenoxy) is 1. The molecule has 0 saturated carbocycles. The minimum absolute atomic E-state index is 0.0360. The minimum Gasteiger partial charge on any atom is -0.506 e. The van der Waals surface area contributed by atoms with Crippen LogP contribution in [0.1, 0.15) is 45.2 Å². The standard InChI is InChI=1S/C27H34FN3O4/c1-18-8-9-20-15-23(29-10-12-30(13-11-29)26(34)35-27(2,3)4)24(32)16-22(20)31(25(18)33)17-19-6-5-7-21(28)14-19/h5-7,14-16,18,32H,8-13,17H2,1-4H3. The lowest BCUT2D eigenvalue weighted by Gasteiger charge is -2.37. The monoisotopic (exact) mass is 483 g/mol. The Balaban J connectivity index is 1.56. The normalized spacial score (nSPS) is 18.8. The number of fused-ring (bicyclic) bond motifs is 1. The summed E-state index contributed by atoms with van der Waals surface area (Å²) in [6, 6.07) is 9.85. The van der Waals surface area contributed by atoms with Crippen LogP contribution in [-0.4, -0.2) is 53.8 Å². The number of carbonyl (C=O) groups is 2. The molecular formula is C27H34FN3O4. The second-order valence-corrected chi connectivity index (χ2v) is 10.4. The first-order valence-corrected chi connectivity index (χ1v) is 12.2. The number of phenolic OH excluding ortho intramolecular Hbond substituents is 1. The molecule has 2 heterocycles. The van der Waals surface area contributed by atoms with Gasteiger partial charge in [0.25, 0.3) is 0 Å². The Morgan fingerprint density at radius 1 is 1.11 bits per heavy atom. The summed E-state index contributed by atoms with van der Waals surface area (Å²) in [7, 11) is 0. The van der Waals surface area contributed by atoms with Crippen molar-refractivity contribution in [1.29, 1.82) is 0 Å². The van der Waals surface area contributed by atoms with Crippen LogP contribution in [0.15, 0.2) is 36.4 Å². The van der Waals surface area contributed by atoms with Crippen molar-refractivity contribution in [3.63, 3.8) is 0 Å². The molecule has 2 amide bonds. The van der Waals surface area contributed by atoms with Gasteiger partial charge >= 0.3 is 6.09 Å². The molecule has 0 spiro atoms.